The zero-order chi connectivity index (χ0) is 12.7. The van der Waals surface area contributed by atoms with Crippen molar-refractivity contribution in [2.45, 2.75) is 32.1 Å². The predicted octanol–water partition coefficient (Wildman–Crippen LogP) is 2.70. The van der Waals surface area contributed by atoms with Crippen molar-refractivity contribution in [3.63, 3.8) is 0 Å². The summed E-state index contributed by atoms with van der Waals surface area (Å²) in [5.74, 6) is -0.0289. The summed E-state index contributed by atoms with van der Waals surface area (Å²) >= 11 is 0. The lowest BCUT2D eigenvalue weighted by Crippen LogP contribution is -2.08. The maximum atomic E-state index is 11.6. The lowest BCUT2D eigenvalue weighted by atomic mass is 9.94. The summed E-state index contributed by atoms with van der Waals surface area (Å²) in [6.07, 6.45) is 0.918. The Labute approximate surface area is 102 Å². The molecule has 0 fully saturated rings. The standard InChI is InChI=1S/C14H18O3/c1-11(12-6-4-3-5-7-12)10-13(15)8-9-14(16)17-2/h3-7,11H,8-10H2,1-2H3. The van der Waals surface area contributed by atoms with Gasteiger partial charge < -0.3 is 4.74 Å². The fraction of sp³-hybridized carbons (Fsp3) is 0.429. The zero-order valence-electron chi connectivity index (χ0n) is 10.3. The first-order valence-corrected chi connectivity index (χ1v) is 5.77. The van der Waals surface area contributed by atoms with Crippen LogP contribution in [0.15, 0.2) is 30.3 Å². The van der Waals surface area contributed by atoms with Crippen molar-refractivity contribution in [1.82, 2.24) is 0 Å². The van der Waals surface area contributed by atoms with Crippen LogP contribution in [0.3, 0.4) is 0 Å². The van der Waals surface area contributed by atoms with Crippen molar-refractivity contribution < 1.29 is 14.3 Å². The maximum Gasteiger partial charge on any atom is 0.305 e. The molecule has 3 nitrogen and oxygen atoms in total. The number of hydrogen-bond donors (Lipinski definition) is 0. The molecule has 0 heterocycles. The average molecular weight is 234 g/mol. The molecule has 92 valence electrons. The fourth-order valence-corrected chi connectivity index (χ4v) is 1.69. The molecule has 0 aromatic heterocycles. The number of methoxy groups -OCH3 is 1. The van der Waals surface area contributed by atoms with Crippen LogP contribution in [0.25, 0.3) is 0 Å². The van der Waals surface area contributed by atoms with Gasteiger partial charge in [-0.15, -0.1) is 0 Å². The Kier molecular flexibility index (Phi) is 5.40. The molecular formula is C14H18O3. The number of Topliss-reactive ketones (excluding diaryl/α,β-unsaturated/α-hetero) is 1. The van der Waals surface area contributed by atoms with E-state index in [9.17, 15) is 9.59 Å². The Balaban J connectivity index is 2.39. The molecule has 0 radical (unpaired) electrons. The van der Waals surface area contributed by atoms with Crippen molar-refractivity contribution in [2.75, 3.05) is 7.11 Å². The number of ether oxygens (including phenoxy) is 1. The van der Waals surface area contributed by atoms with Crippen LogP contribution in [0, 0.1) is 0 Å². The third-order valence-electron chi connectivity index (χ3n) is 2.74. The van der Waals surface area contributed by atoms with Gasteiger partial charge in [0.25, 0.3) is 0 Å². The molecule has 1 unspecified atom stereocenters. The van der Waals surface area contributed by atoms with E-state index in [1.54, 1.807) is 0 Å². The molecule has 1 rings (SSSR count). The third kappa shape index (κ3) is 4.81. The predicted molar refractivity (Wildman–Crippen MR) is 65.7 cm³/mol. The second-order valence-corrected chi connectivity index (χ2v) is 4.13. The molecule has 0 aliphatic rings. The molecule has 0 N–H and O–H groups in total. The van der Waals surface area contributed by atoms with Gasteiger partial charge in [0.15, 0.2) is 0 Å². The maximum absolute atomic E-state index is 11.6. The SMILES string of the molecule is COC(=O)CCC(=O)CC(C)c1ccccc1. The molecule has 1 aromatic rings. The van der Waals surface area contributed by atoms with Crippen LogP contribution in [0.5, 0.6) is 0 Å². The summed E-state index contributed by atoms with van der Waals surface area (Å²) in [7, 11) is 1.33. The Morgan fingerprint density at radius 3 is 2.41 bits per heavy atom. The summed E-state index contributed by atoms with van der Waals surface area (Å²) in [5, 5.41) is 0. The molecule has 0 spiro atoms. The average Bonchev–Trinajstić information content (AvgIpc) is 2.36. The highest BCUT2D eigenvalue weighted by Gasteiger charge is 2.12. The van der Waals surface area contributed by atoms with Crippen LogP contribution in [0.2, 0.25) is 0 Å². The quantitative estimate of drug-likeness (QED) is 0.711. The molecule has 0 amide bonds. The minimum atomic E-state index is -0.328. The smallest absolute Gasteiger partial charge is 0.305 e. The first-order chi connectivity index (χ1) is 8.13. The number of ketones is 1. The second kappa shape index (κ2) is 6.84. The number of carbonyl (C=O) groups is 2. The monoisotopic (exact) mass is 234 g/mol. The van der Waals surface area contributed by atoms with Crippen LogP contribution in [-0.4, -0.2) is 18.9 Å². The molecule has 0 saturated heterocycles. The van der Waals surface area contributed by atoms with Crippen molar-refractivity contribution in [3.8, 4) is 0 Å². The van der Waals surface area contributed by atoms with Crippen molar-refractivity contribution in [1.29, 1.82) is 0 Å². The van der Waals surface area contributed by atoms with Gasteiger partial charge in [0.05, 0.1) is 13.5 Å². The van der Waals surface area contributed by atoms with Crippen molar-refractivity contribution >= 4 is 11.8 Å². The number of rotatable bonds is 6. The van der Waals surface area contributed by atoms with E-state index in [1.807, 2.05) is 37.3 Å². The molecule has 0 aliphatic heterocycles. The van der Waals surface area contributed by atoms with Gasteiger partial charge in [-0.25, -0.2) is 0 Å². The van der Waals surface area contributed by atoms with E-state index in [2.05, 4.69) is 4.74 Å². The summed E-state index contributed by atoms with van der Waals surface area (Å²) < 4.78 is 4.50. The summed E-state index contributed by atoms with van der Waals surface area (Å²) in [6, 6.07) is 9.90. The molecule has 3 heteroatoms. The topological polar surface area (TPSA) is 43.4 Å². The normalized spacial score (nSPS) is 11.9. The van der Waals surface area contributed by atoms with E-state index in [0.717, 1.165) is 5.56 Å². The first kappa shape index (κ1) is 13.4. The van der Waals surface area contributed by atoms with Gasteiger partial charge in [0, 0.05) is 12.8 Å². The van der Waals surface area contributed by atoms with Gasteiger partial charge in [-0.05, 0) is 11.5 Å². The number of esters is 1. The van der Waals surface area contributed by atoms with Crippen molar-refractivity contribution in [2.24, 2.45) is 0 Å². The minimum Gasteiger partial charge on any atom is -0.469 e. The molecule has 0 bridgehead atoms. The molecule has 0 aliphatic carbocycles. The molecule has 17 heavy (non-hydrogen) atoms. The Hall–Kier alpha value is -1.64. The van der Waals surface area contributed by atoms with E-state index >= 15 is 0 Å². The van der Waals surface area contributed by atoms with Gasteiger partial charge in [-0.1, -0.05) is 37.3 Å². The van der Waals surface area contributed by atoms with Gasteiger partial charge in [0.2, 0.25) is 0 Å². The zero-order valence-corrected chi connectivity index (χ0v) is 10.3. The van der Waals surface area contributed by atoms with Crippen LogP contribution in [0.1, 0.15) is 37.7 Å². The molecule has 0 saturated carbocycles. The van der Waals surface area contributed by atoms with Gasteiger partial charge >= 0.3 is 5.97 Å². The van der Waals surface area contributed by atoms with Crippen LogP contribution in [0.4, 0.5) is 0 Å². The van der Waals surface area contributed by atoms with Crippen LogP contribution >= 0.6 is 0 Å². The lowest BCUT2D eigenvalue weighted by Gasteiger charge is -2.10. The van der Waals surface area contributed by atoms with Gasteiger partial charge in [0.1, 0.15) is 5.78 Å². The number of carbonyl (C=O) groups excluding carboxylic acids is 2. The highest BCUT2D eigenvalue weighted by Crippen LogP contribution is 2.19. The Bertz CT molecular complexity index is 370. The number of benzene rings is 1. The lowest BCUT2D eigenvalue weighted by molar-refractivity contribution is -0.142. The molecule has 1 atom stereocenters. The van der Waals surface area contributed by atoms with E-state index in [1.165, 1.54) is 7.11 Å². The Morgan fingerprint density at radius 2 is 1.82 bits per heavy atom. The van der Waals surface area contributed by atoms with E-state index in [-0.39, 0.29) is 30.5 Å². The summed E-state index contributed by atoms with van der Waals surface area (Å²) in [5.41, 5.74) is 1.15. The summed E-state index contributed by atoms with van der Waals surface area (Å²) in [4.78, 5) is 22.5. The molecule has 1 aromatic carbocycles. The third-order valence-corrected chi connectivity index (χ3v) is 2.74. The van der Waals surface area contributed by atoms with E-state index in [4.69, 9.17) is 0 Å². The second-order valence-electron chi connectivity index (χ2n) is 4.13. The first-order valence-electron chi connectivity index (χ1n) is 5.77. The van der Waals surface area contributed by atoms with Gasteiger partial charge in [-0.2, -0.15) is 0 Å². The van der Waals surface area contributed by atoms with Crippen LogP contribution in [-0.2, 0) is 14.3 Å². The summed E-state index contributed by atoms with van der Waals surface area (Å²) in [6.45, 7) is 2.02. The van der Waals surface area contributed by atoms with E-state index < -0.39 is 0 Å². The number of hydrogen-bond acceptors (Lipinski definition) is 3. The van der Waals surface area contributed by atoms with Crippen molar-refractivity contribution in [3.05, 3.63) is 35.9 Å². The highest BCUT2D eigenvalue weighted by molar-refractivity contribution is 5.83. The van der Waals surface area contributed by atoms with Crippen LogP contribution < -0.4 is 0 Å². The fourth-order valence-electron chi connectivity index (χ4n) is 1.69. The van der Waals surface area contributed by atoms with E-state index in [0.29, 0.717) is 6.42 Å². The highest BCUT2D eigenvalue weighted by atomic mass is 16.5. The molecular weight excluding hydrogens is 216 g/mol. The largest absolute Gasteiger partial charge is 0.469 e. The Morgan fingerprint density at radius 1 is 1.18 bits per heavy atom. The minimum absolute atomic E-state index is 0.103. The van der Waals surface area contributed by atoms with Gasteiger partial charge in [-0.3, -0.25) is 9.59 Å².